The third-order valence-corrected chi connectivity index (χ3v) is 4.13. The molecule has 6 nitrogen and oxygen atoms in total. The molecule has 1 aliphatic heterocycles. The molecule has 6 heteroatoms. The number of carbonyl (C=O) groups is 2. The number of hydrogen-bond acceptors (Lipinski definition) is 5. The van der Waals surface area contributed by atoms with Crippen molar-refractivity contribution >= 4 is 11.9 Å². The van der Waals surface area contributed by atoms with Crippen LogP contribution >= 0.6 is 0 Å². The van der Waals surface area contributed by atoms with Gasteiger partial charge in [0.2, 0.25) is 0 Å². The van der Waals surface area contributed by atoms with Crippen molar-refractivity contribution in [3.63, 3.8) is 0 Å². The van der Waals surface area contributed by atoms with E-state index in [1.54, 1.807) is 0 Å². The predicted octanol–water partition coefficient (Wildman–Crippen LogP) is 0.570. The number of esters is 1. The number of nitrogens with zero attached hydrogens (tertiary/aromatic N) is 1. The van der Waals surface area contributed by atoms with Crippen LogP contribution in [0.25, 0.3) is 0 Å². The van der Waals surface area contributed by atoms with Crippen LogP contribution in [0.1, 0.15) is 26.7 Å². The van der Waals surface area contributed by atoms with Gasteiger partial charge in [0.05, 0.1) is 19.6 Å². The van der Waals surface area contributed by atoms with Crippen molar-refractivity contribution in [1.82, 2.24) is 10.2 Å². The molecule has 0 amide bonds. The highest BCUT2D eigenvalue weighted by Gasteiger charge is 2.29. The summed E-state index contributed by atoms with van der Waals surface area (Å²) in [5, 5.41) is 11.6. The van der Waals surface area contributed by atoms with Crippen molar-refractivity contribution in [2.24, 2.45) is 11.8 Å². The van der Waals surface area contributed by atoms with Gasteiger partial charge in [-0.3, -0.25) is 14.5 Å². The maximum absolute atomic E-state index is 11.6. The van der Waals surface area contributed by atoms with E-state index in [0.717, 1.165) is 25.9 Å². The summed E-state index contributed by atoms with van der Waals surface area (Å²) >= 11 is 0. The molecular weight excluding hydrogens is 260 g/mol. The lowest BCUT2D eigenvalue weighted by Gasteiger charge is -2.38. The zero-order valence-corrected chi connectivity index (χ0v) is 12.6. The van der Waals surface area contributed by atoms with Gasteiger partial charge in [0.1, 0.15) is 0 Å². The topological polar surface area (TPSA) is 78.9 Å². The Labute approximate surface area is 120 Å². The van der Waals surface area contributed by atoms with E-state index in [2.05, 4.69) is 17.1 Å². The smallest absolute Gasteiger partial charge is 0.317 e. The summed E-state index contributed by atoms with van der Waals surface area (Å²) in [6.07, 6.45) is 2.18. The summed E-state index contributed by atoms with van der Waals surface area (Å²) in [6.45, 7) is 6.54. The van der Waals surface area contributed by atoms with Crippen LogP contribution in [0.5, 0.6) is 0 Å². The summed E-state index contributed by atoms with van der Waals surface area (Å²) in [5.74, 6) is -0.713. The van der Waals surface area contributed by atoms with Gasteiger partial charge in [-0.15, -0.1) is 0 Å². The summed E-state index contributed by atoms with van der Waals surface area (Å²) in [6, 6.07) is 0.143. The highest BCUT2D eigenvalue weighted by Crippen LogP contribution is 2.21. The van der Waals surface area contributed by atoms with E-state index >= 15 is 0 Å². The Bertz CT molecular complexity index is 335. The first-order chi connectivity index (χ1) is 9.45. The number of piperidine rings is 1. The molecule has 20 heavy (non-hydrogen) atoms. The fraction of sp³-hybridized carbons (Fsp3) is 0.857. The molecule has 116 valence electrons. The first kappa shape index (κ1) is 16.9. The minimum absolute atomic E-state index is 0.00458. The zero-order chi connectivity index (χ0) is 15.1. The fourth-order valence-electron chi connectivity index (χ4n) is 2.72. The second-order valence-corrected chi connectivity index (χ2v) is 5.58. The molecule has 0 aliphatic carbocycles. The molecule has 0 aromatic rings. The minimum Gasteiger partial charge on any atom is -0.480 e. The SMILES string of the molecule is COC(=O)C(C)C(C)N1CCCC(CNCC(=O)O)C1. The number of nitrogens with one attached hydrogen (secondary N) is 1. The molecule has 0 saturated carbocycles. The van der Waals surface area contributed by atoms with Crippen LogP contribution in [0.3, 0.4) is 0 Å². The van der Waals surface area contributed by atoms with Crippen molar-refractivity contribution < 1.29 is 19.4 Å². The lowest BCUT2D eigenvalue weighted by atomic mass is 9.93. The van der Waals surface area contributed by atoms with E-state index in [1.807, 2.05) is 6.92 Å². The Morgan fingerprint density at radius 1 is 1.45 bits per heavy atom. The number of rotatable bonds is 7. The Morgan fingerprint density at radius 3 is 2.75 bits per heavy atom. The highest BCUT2D eigenvalue weighted by molar-refractivity contribution is 5.72. The number of likely N-dealkylation sites (tertiary alicyclic amines) is 1. The van der Waals surface area contributed by atoms with Crippen LogP contribution in [0.2, 0.25) is 0 Å². The Hall–Kier alpha value is -1.14. The Kier molecular flexibility index (Phi) is 6.95. The third kappa shape index (κ3) is 5.09. The quantitative estimate of drug-likeness (QED) is 0.666. The Balaban J connectivity index is 2.43. The normalized spacial score (nSPS) is 23.1. The van der Waals surface area contributed by atoms with Gasteiger partial charge < -0.3 is 15.2 Å². The molecule has 3 atom stereocenters. The van der Waals surface area contributed by atoms with Crippen LogP contribution in [0.15, 0.2) is 0 Å². The van der Waals surface area contributed by atoms with Crippen molar-refractivity contribution in [2.75, 3.05) is 33.3 Å². The first-order valence-corrected chi connectivity index (χ1v) is 7.20. The van der Waals surface area contributed by atoms with E-state index < -0.39 is 5.97 Å². The minimum atomic E-state index is -0.828. The molecule has 0 spiro atoms. The first-order valence-electron chi connectivity index (χ1n) is 7.20. The van der Waals surface area contributed by atoms with E-state index in [1.165, 1.54) is 7.11 Å². The molecule has 1 heterocycles. The fourth-order valence-corrected chi connectivity index (χ4v) is 2.72. The molecule has 3 unspecified atom stereocenters. The van der Waals surface area contributed by atoms with Gasteiger partial charge in [0.15, 0.2) is 0 Å². The van der Waals surface area contributed by atoms with Gasteiger partial charge >= 0.3 is 11.9 Å². The largest absolute Gasteiger partial charge is 0.480 e. The van der Waals surface area contributed by atoms with Gasteiger partial charge in [-0.25, -0.2) is 0 Å². The number of methoxy groups -OCH3 is 1. The number of carbonyl (C=O) groups excluding carboxylic acids is 1. The van der Waals surface area contributed by atoms with Gasteiger partial charge in [0.25, 0.3) is 0 Å². The summed E-state index contributed by atoms with van der Waals surface area (Å²) < 4.78 is 4.80. The monoisotopic (exact) mass is 286 g/mol. The molecule has 1 fully saturated rings. The molecule has 1 saturated heterocycles. The second kappa shape index (κ2) is 8.21. The van der Waals surface area contributed by atoms with E-state index in [4.69, 9.17) is 9.84 Å². The second-order valence-electron chi connectivity index (χ2n) is 5.58. The summed E-state index contributed by atoms with van der Waals surface area (Å²) in [5.41, 5.74) is 0. The van der Waals surface area contributed by atoms with Crippen LogP contribution in [0, 0.1) is 11.8 Å². The number of hydrogen-bond donors (Lipinski definition) is 2. The van der Waals surface area contributed by atoms with E-state index in [0.29, 0.717) is 12.5 Å². The number of carboxylic acids is 1. The van der Waals surface area contributed by atoms with Gasteiger partial charge in [0, 0.05) is 12.6 Å². The standard InChI is InChI=1S/C14H26N2O4/c1-10(14(19)20-3)11(2)16-6-4-5-12(9-16)7-15-8-13(17)18/h10-12,15H,4-9H2,1-3H3,(H,17,18). The lowest BCUT2D eigenvalue weighted by molar-refractivity contribution is -0.147. The maximum Gasteiger partial charge on any atom is 0.317 e. The molecule has 0 bridgehead atoms. The van der Waals surface area contributed by atoms with Gasteiger partial charge in [-0.2, -0.15) is 0 Å². The zero-order valence-electron chi connectivity index (χ0n) is 12.6. The molecule has 0 aromatic heterocycles. The average molecular weight is 286 g/mol. The van der Waals surface area contributed by atoms with Crippen molar-refractivity contribution in [1.29, 1.82) is 0 Å². The van der Waals surface area contributed by atoms with E-state index in [9.17, 15) is 9.59 Å². The molecule has 1 rings (SSSR count). The van der Waals surface area contributed by atoms with E-state index in [-0.39, 0.29) is 24.5 Å². The van der Waals surface area contributed by atoms with Crippen molar-refractivity contribution in [2.45, 2.75) is 32.7 Å². The van der Waals surface area contributed by atoms with Gasteiger partial charge in [-0.05, 0) is 38.8 Å². The molecular formula is C14H26N2O4. The Morgan fingerprint density at radius 2 is 2.15 bits per heavy atom. The van der Waals surface area contributed by atoms with Crippen LogP contribution in [-0.2, 0) is 14.3 Å². The third-order valence-electron chi connectivity index (χ3n) is 4.13. The summed E-state index contributed by atoms with van der Waals surface area (Å²) in [4.78, 5) is 24.4. The van der Waals surface area contributed by atoms with Crippen LogP contribution < -0.4 is 5.32 Å². The molecule has 0 radical (unpaired) electrons. The molecule has 1 aliphatic rings. The highest BCUT2D eigenvalue weighted by atomic mass is 16.5. The number of carboxylic acid groups (broad SMARTS) is 1. The molecule has 0 aromatic carbocycles. The number of aliphatic carboxylic acids is 1. The summed E-state index contributed by atoms with van der Waals surface area (Å²) in [7, 11) is 1.42. The number of ether oxygens (including phenoxy) is 1. The lowest BCUT2D eigenvalue weighted by Crippen LogP contribution is -2.48. The predicted molar refractivity (Wildman–Crippen MR) is 75.4 cm³/mol. The van der Waals surface area contributed by atoms with Crippen LogP contribution in [0.4, 0.5) is 0 Å². The maximum atomic E-state index is 11.6. The van der Waals surface area contributed by atoms with Gasteiger partial charge in [-0.1, -0.05) is 6.92 Å². The van der Waals surface area contributed by atoms with Crippen molar-refractivity contribution in [3.05, 3.63) is 0 Å². The average Bonchev–Trinajstić information content (AvgIpc) is 2.44. The van der Waals surface area contributed by atoms with Crippen molar-refractivity contribution in [3.8, 4) is 0 Å². The molecule has 2 N–H and O–H groups in total. The van der Waals surface area contributed by atoms with Crippen LogP contribution in [-0.4, -0.2) is 61.3 Å².